The van der Waals surface area contributed by atoms with E-state index in [4.69, 9.17) is 0 Å². The lowest BCUT2D eigenvalue weighted by atomic mass is 10.1. The number of anilines is 1. The van der Waals surface area contributed by atoms with Gasteiger partial charge in [0.15, 0.2) is 0 Å². The predicted octanol–water partition coefficient (Wildman–Crippen LogP) is 0.603. The van der Waals surface area contributed by atoms with Crippen molar-refractivity contribution in [1.82, 2.24) is 0 Å². The first-order valence-corrected chi connectivity index (χ1v) is 6.81. The fourth-order valence-corrected chi connectivity index (χ4v) is 2.20. The van der Waals surface area contributed by atoms with Gasteiger partial charge in [-0.05, 0) is 17.3 Å². The molecule has 0 saturated heterocycles. The van der Waals surface area contributed by atoms with Crippen molar-refractivity contribution in [3.63, 3.8) is 0 Å². The number of carbonyl (C=O) groups is 1. The third-order valence-electron chi connectivity index (χ3n) is 2.56. The van der Waals surface area contributed by atoms with E-state index in [-0.39, 0.29) is 11.9 Å². The largest absolute Gasteiger partial charge is 0.335 e. The Hall–Kier alpha value is -0.910. The summed E-state index contributed by atoms with van der Waals surface area (Å²) in [5.41, 5.74) is 1.01. The van der Waals surface area contributed by atoms with Gasteiger partial charge in [0.05, 0.1) is 0 Å². The normalized spacial score (nSPS) is 19.4. The van der Waals surface area contributed by atoms with Crippen LogP contribution in [0, 0.1) is 0 Å². The van der Waals surface area contributed by atoms with Gasteiger partial charge in [0, 0.05) is 5.69 Å². The van der Waals surface area contributed by atoms with Gasteiger partial charge in [-0.15, -0.1) is 0 Å². The van der Waals surface area contributed by atoms with Crippen molar-refractivity contribution in [2.45, 2.75) is 18.9 Å². The minimum Gasteiger partial charge on any atom is -0.335 e. The van der Waals surface area contributed by atoms with Crippen molar-refractivity contribution in [2.24, 2.45) is 0 Å². The van der Waals surface area contributed by atoms with Crippen LogP contribution in [-0.2, 0) is 4.79 Å². The van der Waals surface area contributed by atoms with Crippen molar-refractivity contribution in [3.05, 3.63) is 30.3 Å². The summed E-state index contributed by atoms with van der Waals surface area (Å²) >= 11 is 2.33. The molecule has 3 nitrogen and oxygen atoms in total. The number of para-hydroxylation sites is 1. The molecule has 0 fully saturated rings. The van der Waals surface area contributed by atoms with E-state index in [2.05, 4.69) is 33.9 Å². The summed E-state index contributed by atoms with van der Waals surface area (Å²) in [4.78, 5) is 16.2. The Balaban J connectivity index is 2.14. The average molecular weight is 328 g/mol. The molecule has 1 aromatic rings. The number of amides is 1. The topological polar surface area (TPSA) is 34.3 Å². The molecule has 0 aliphatic carbocycles. The summed E-state index contributed by atoms with van der Waals surface area (Å²) in [5, 5.41) is 0. The van der Waals surface area contributed by atoms with Crippen LogP contribution in [0.2, 0.25) is 0 Å². The highest BCUT2D eigenvalue weighted by atomic mass is 127. The summed E-state index contributed by atoms with van der Waals surface area (Å²) < 4.78 is 1.07. The van der Waals surface area contributed by atoms with Crippen LogP contribution in [0.25, 0.3) is 0 Å². The molecule has 0 bridgehead atoms. The van der Waals surface area contributed by atoms with Crippen LogP contribution in [0.3, 0.4) is 0 Å². The van der Waals surface area contributed by atoms with Gasteiger partial charge in [0.25, 0.3) is 0 Å². The van der Waals surface area contributed by atoms with Crippen LogP contribution >= 0.6 is 22.6 Å². The molecule has 1 aliphatic rings. The number of nitrogens with zero attached hydrogens (tertiary/aromatic N) is 1. The molecule has 0 aromatic heterocycles. The number of carbonyl (C=O) groups excluding carboxylic acids is 1. The minimum absolute atomic E-state index is 0.0497. The standard InChI is InChI=1S/C12H13IN2O/c13-8-4-7-11-12(16)14-9-15(11)10-5-2-1-3-6-10/h1-3,5-6,11,14H,4,7-8H2. The minimum atomic E-state index is -0.0998. The van der Waals surface area contributed by atoms with Crippen molar-refractivity contribution in [3.8, 4) is 0 Å². The lowest BCUT2D eigenvalue weighted by molar-refractivity contribution is -0.367. The van der Waals surface area contributed by atoms with Gasteiger partial charge in [0.2, 0.25) is 12.2 Å². The molecule has 1 amide bonds. The Bertz CT molecular complexity index is 391. The Morgan fingerprint density at radius 1 is 1.38 bits per heavy atom. The first kappa shape index (κ1) is 11.6. The smallest absolute Gasteiger partial charge is 0.249 e. The molecular formula is C12H13IN2O. The van der Waals surface area contributed by atoms with E-state index in [1.165, 1.54) is 0 Å². The van der Waals surface area contributed by atoms with E-state index < -0.39 is 0 Å². The number of benzene rings is 1. The highest BCUT2D eigenvalue weighted by Gasteiger charge is 2.28. The van der Waals surface area contributed by atoms with E-state index in [0.717, 1.165) is 23.0 Å². The third kappa shape index (κ3) is 2.42. The molecule has 16 heavy (non-hydrogen) atoms. The summed E-state index contributed by atoms with van der Waals surface area (Å²) in [6, 6.07) is 9.78. The van der Waals surface area contributed by atoms with Crippen molar-refractivity contribution in [1.29, 1.82) is 0 Å². The Kier molecular flexibility index (Phi) is 3.93. The van der Waals surface area contributed by atoms with Crippen LogP contribution in [-0.4, -0.2) is 22.7 Å². The molecule has 0 saturated carbocycles. The van der Waals surface area contributed by atoms with E-state index in [1.807, 2.05) is 35.2 Å². The third-order valence-corrected chi connectivity index (χ3v) is 3.32. The molecule has 2 rings (SSSR count). The fourth-order valence-electron chi connectivity index (χ4n) is 1.76. The van der Waals surface area contributed by atoms with Gasteiger partial charge in [-0.1, -0.05) is 52.9 Å². The Morgan fingerprint density at radius 2 is 2.12 bits per heavy atom. The molecule has 1 atom stereocenters. The number of hydrogen-bond donors (Lipinski definition) is 1. The average Bonchev–Trinajstić information content (AvgIpc) is 2.69. The van der Waals surface area contributed by atoms with Crippen LogP contribution < -0.4 is 9.89 Å². The first-order valence-electron chi connectivity index (χ1n) is 5.28. The van der Waals surface area contributed by atoms with Crippen molar-refractivity contribution in [2.75, 3.05) is 9.33 Å². The maximum atomic E-state index is 11.6. The number of halogens is 1. The van der Waals surface area contributed by atoms with E-state index in [1.54, 1.807) is 0 Å². The van der Waals surface area contributed by atoms with Gasteiger partial charge in [-0.25, -0.2) is 0 Å². The SMILES string of the molecule is O=C1[NH+]=[C-]N(c2ccccc2)C1CCCI. The second-order valence-electron chi connectivity index (χ2n) is 3.65. The number of hydrogen-bond acceptors (Lipinski definition) is 2. The molecule has 0 spiro atoms. The van der Waals surface area contributed by atoms with Gasteiger partial charge < -0.3 is 14.7 Å². The van der Waals surface area contributed by atoms with Gasteiger partial charge in [0.1, 0.15) is 6.04 Å². The number of nitrogens with one attached hydrogen (secondary N) is 1. The van der Waals surface area contributed by atoms with Gasteiger partial charge in [-0.3, -0.25) is 0 Å². The highest BCUT2D eigenvalue weighted by Crippen LogP contribution is 2.18. The second kappa shape index (κ2) is 5.43. The van der Waals surface area contributed by atoms with E-state index >= 15 is 0 Å². The molecular weight excluding hydrogens is 315 g/mol. The van der Waals surface area contributed by atoms with Crippen LogP contribution in [0.1, 0.15) is 12.8 Å². The molecule has 1 aliphatic heterocycles. The molecule has 1 unspecified atom stereocenters. The maximum Gasteiger partial charge on any atom is 0.249 e. The van der Waals surface area contributed by atoms with Crippen LogP contribution in [0.5, 0.6) is 0 Å². The van der Waals surface area contributed by atoms with Crippen molar-refractivity contribution >= 4 is 40.5 Å². The summed E-state index contributed by atoms with van der Waals surface area (Å²) in [7, 11) is 0. The Labute approximate surface area is 109 Å². The zero-order valence-corrected chi connectivity index (χ0v) is 11.0. The quantitative estimate of drug-likeness (QED) is 0.499. The lowest BCUT2D eigenvalue weighted by Gasteiger charge is -2.22. The van der Waals surface area contributed by atoms with Crippen LogP contribution in [0.15, 0.2) is 30.3 Å². The predicted molar refractivity (Wildman–Crippen MR) is 71.8 cm³/mol. The summed E-state index contributed by atoms with van der Waals surface area (Å²) in [6.07, 6.45) is 4.83. The highest BCUT2D eigenvalue weighted by molar-refractivity contribution is 14.1. The number of alkyl halides is 1. The monoisotopic (exact) mass is 328 g/mol. The van der Waals surface area contributed by atoms with Gasteiger partial charge in [-0.2, -0.15) is 0 Å². The molecule has 1 heterocycles. The summed E-state index contributed by atoms with van der Waals surface area (Å²) in [5.74, 6) is 0.0497. The zero-order chi connectivity index (χ0) is 11.4. The first-order chi connectivity index (χ1) is 7.83. The number of rotatable bonds is 4. The molecule has 1 N–H and O–H groups in total. The van der Waals surface area contributed by atoms with Crippen LogP contribution in [0.4, 0.5) is 5.69 Å². The Morgan fingerprint density at radius 3 is 2.81 bits per heavy atom. The zero-order valence-electron chi connectivity index (χ0n) is 8.82. The molecule has 0 radical (unpaired) electrons. The van der Waals surface area contributed by atoms with Crippen molar-refractivity contribution < 1.29 is 9.79 Å². The second-order valence-corrected chi connectivity index (χ2v) is 4.73. The molecule has 4 heteroatoms. The van der Waals surface area contributed by atoms with Gasteiger partial charge >= 0.3 is 0 Å². The maximum absolute atomic E-state index is 11.6. The lowest BCUT2D eigenvalue weighted by Crippen LogP contribution is -2.72. The van der Waals surface area contributed by atoms with E-state index in [0.29, 0.717) is 0 Å². The molecule has 84 valence electrons. The summed E-state index contributed by atoms with van der Waals surface area (Å²) in [6.45, 7) is 0. The fraction of sp³-hybridized carbons (Fsp3) is 0.333. The van der Waals surface area contributed by atoms with E-state index in [9.17, 15) is 4.79 Å². The molecule has 1 aromatic carbocycles.